The van der Waals surface area contributed by atoms with Crippen LogP contribution >= 0.6 is 11.8 Å². The Balaban J connectivity index is 3.41. The van der Waals surface area contributed by atoms with Crippen molar-refractivity contribution in [1.29, 1.82) is 5.41 Å². The van der Waals surface area contributed by atoms with Gasteiger partial charge in [-0.3, -0.25) is 120 Å². The summed E-state index contributed by atoms with van der Waals surface area (Å²) in [7, 11) is 0. The van der Waals surface area contributed by atoms with Crippen molar-refractivity contribution in [2.45, 2.75) is 280 Å². The molecule has 1 saturated heterocycles. The average molecular weight is 2120 g/mol. The fourth-order valence-corrected chi connectivity index (χ4v) is 14.6. The summed E-state index contributed by atoms with van der Waals surface area (Å²) in [6.45, 7) is 6.88. The number of hydrogen-bond acceptors (Lipinski definition) is 34. The van der Waals surface area contributed by atoms with Crippen molar-refractivity contribution >= 4 is 166 Å². The molecule has 61 heteroatoms. The third-order valence-electron chi connectivity index (χ3n) is 22.4. The third-order valence-corrected chi connectivity index (χ3v) is 23.0. The number of carboxylic acid groups (broad SMARTS) is 3. The van der Waals surface area contributed by atoms with E-state index in [9.17, 15) is 166 Å². The predicted molar refractivity (Wildman–Crippen MR) is 514 cm³/mol. The fourth-order valence-electron chi connectivity index (χ4n) is 14.1. The summed E-state index contributed by atoms with van der Waals surface area (Å²) in [5, 5.41) is 141. The molecule has 22 amide bonds. The first kappa shape index (κ1) is 131. The zero-order valence-corrected chi connectivity index (χ0v) is 84.3. The summed E-state index contributed by atoms with van der Waals surface area (Å²) in [5.41, 5.74) is 27.3. The van der Waals surface area contributed by atoms with Crippen LogP contribution in [0.5, 0.6) is 0 Å². The standard InChI is InChI=1S/C86H146N26O34S/c1-12-41(10)66(111-67(127)42(87)27-62(123)124)83(143)99-45(18-20-59(89)120)69(129)98-46(21-24-147-11)71(131)102-49(28-60(90)121)74(134)97-44(17-19-58(88)119)70(130)107-55(35-117)84(144)112-23-14-16-57(112)80(140)105-52(32-114)78(138)104-51(31-113)76(136)101-48(26-38(4)5)73(133)103-54(34-116)79(139)110-64(39(6)7)81(141)106-53(33-115)77(137)100-47(25-37(2)3)68(128)94-30-61(122)95-50(29-63(125)126)75(135)96-43(15-13-22-93-86(91)92)72(132)109-65(40(8)9)82(142)108-56(36-118)85(145)146/h37-57,64-66,113-118H,12-36,87H2,1-11H3,(H2,88,119)(H2,89,120)(H2,90,121)(H,94,128)(H,95,122)(H,96,135)(H,97,134)(H,98,129)(H,99,143)(H,100,137)(H,101,136)(H,102,131)(H,103,133)(H,104,138)(H,105,140)(H,106,141)(H,107,130)(H,108,142)(H,109,132)(H,110,139)(H,111,127)(H,123,124)(H,125,126)(H,145,146)(H4,91,92,93)/t41-,42-,43-,44-,45-,46-,47-,48-,49-,50-,51-,52-,53-,54-,55-,56-,57-,64-,65-,66-/m0/s1. The number of aliphatic hydroxyl groups is 6. The zero-order chi connectivity index (χ0) is 112. The van der Waals surface area contributed by atoms with Gasteiger partial charge in [0.1, 0.15) is 109 Å². The minimum Gasteiger partial charge on any atom is -0.481 e. The van der Waals surface area contributed by atoms with Crippen LogP contribution in [0.1, 0.15) is 166 Å². The molecule has 0 aliphatic carbocycles. The molecule has 0 unspecified atom stereocenters. The van der Waals surface area contributed by atoms with Crippen LogP contribution in [0.3, 0.4) is 0 Å². The van der Waals surface area contributed by atoms with Crippen molar-refractivity contribution in [3.8, 4) is 0 Å². The molecule has 0 aromatic heterocycles. The normalized spacial score (nSPS) is 16.1. The lowest BCUT2D eigenvalue weighted by Crippen LogP contribution is -2.62. The number of amides is 22. The number of nitrogens with one attached hydrogen (secondary N) is 20. The van der Waals surface area contributed by atoms with Crippen molar-refractivity contribution in [3.63, 3.8) is 0 Å². The first-order chi connectivity index (χ1) is 68.8. The number of hydrogen-bond donors (Lipinski definition) is 34. The molecule has 1 heterocycles. The lowest BCUT2D eigenvalue weighted by Gasteiger charge is -2.30. The number of guanidine groups is 1. The van der Waals surface area contributed by atoms with Gasteiger partial charge in [0.2, 0.25) is 130 Å². The van der Waals surface area contributed by atoms with E-state index >= 15 is 0 Å². The quantitative estimate of drug-likeness (QED) is 0.0153. The van der Waals surface area contributed by atoms with E-state index < -0.39 is 389 Å². The van der Waals surface area contributed by atoms with Crippen LogP contribution in [0.2, 0.25) is 0 Å². The molecule has 0 bridgehead atoms. The SMILES string of the molecule is CC[C@H](C)[C@H](NC(=O)[C@@H](N)CC(=O)O)C(=O)N[C@@H](CCC(N)=O)C(=O)N[C@@H](CCSC)C(=O)N[C@@H](CC(N)=O)C(=O)N[C@@H](CCC(N)=O)C(=O)N[C@@H](CO)C(=O)N1CCC[C@H]1C(=O)N[C@@H](CO)C(=O)N[C@@H](CO)C(=O)N[C@@H](CC(C)C)C(=O)N[C@@H](CO)C(=O)N[C@H](C(=O)N[C@@H](CO)C(=O)N[C@@H](CC(C)C)C(=O)NCC(=O)N[C@@H](CC(=O)O)C(=O)N[C@@H](CCCNC(=N)N)C(=O)N[C@H](C(=O)N[C@@H](CO)C(=O)O)C(C)C)C(C)C. The van der Waals surface area contributed by atoms with Crippen molar-refractivity contribution in [2.75, 3.05) is 71.3 Å². The number of aliphatic carboxylic acids is 3. The number of carbonyl (C=O) groups excluding carboxylic acids is 22. The van der Waals surface area contributed by atoms with Gasteiger partial charge < -0.3 is 181 Å². The molecule has 0 aromatic carbocycles. The van der Waals surface area contributed by atoms with Gasteiger partial charge in [-0.2, -0.15) is 11.8 Å². The van der Waals surface area contributed by atoms with E-state index in [1.807, 2.05) is 0 Å². The van der Waals surface area contributed by atoms with Gasteiger partial charge in [0.25, 0.3) is 0 Å². The van der Waals surface area contributed by atoms with E-state index in [0.29, 0.717) is 0 Å². The number of primary amides is 3. The molecule has 147 heavy (non-hydrogen) atoms. The molecule has 1 aliphatic heterocycles. The average Bonchev–Trinajstić information content (AvgIpc) is 1.70. The molecule has 0 saturated carbocycles. The Bertz CT molecular complexity index is 4570. The number of likely N-dealkylation sites (tertiary alicyclic amines) is 1. The lowest BCUT2D eigenvalue weighted by molar-refractivity contribution is -0.144. The van der Waals surface area contributed by atoms with Crippen molar-refractivity contribution in [3.05, 3.63) is 0 Å². The minimum atomic E-state index is -2.01. The van der Waals surface area contributed by atoms with Crippen LogP contribution in [0.25, 0.3) is 0 Å². The molecule has 39 N–H and O–H groups in total. The second-order valence-corrected chi connectivity index (χ2v) is 37.1. The van der Waals surface area contributed by atoms with Gasteiger partial charge in [0, 0.05) is 25.9 Å². The Labute approximate surface area is 849 Å². The first-order valence-corrected chi connectivity index (χ1v) is 48.4. The van der Waals surface area contributed by atoms with Gasteiger partial charge in [0.05, 0.1) is 71.5 Å². The molecule has 1 rings (SSSR count). The molecule has 0 spiro atoms. The maximum atomic E-state index is 14.3. The topological polar surface area (TPSA) is 995 Å². The number of carbonyl (C=O) groups is 25. The molecule has 1 aliphatic rings. The predicted octanol–water partition coefficient (Wildman–Crippen LogP) is -15.5. The summed E-state index contributed by atoms with van der Waals surface area (Å²) in [5.74, 6) is -34.0. The zero-order valence-electron chi connectivity index (χ0n) is 83.5. The molecule has 0 radical (unpaired) electrons. The molecular formula is C86H146N26O34S. The fraction of sp³-hybridized carbons (Fsp3) is 0.698. The number of rotatable bonds is 71. The number of carboxylic acids is 3. The second-order valence-electron chi connectivity index (χ2n) is 36.1. The molecule has 20 atom stereocenters. The summed E-state index contributed by atoms with van der Waals surface area (Å²) >= 11 is 1.17. The van der Waals surface area contributed by atoms with Crippen molar-refractivity contribution < 1.29 is 166 Å². The van der Waals surface area contributed by atoms with Crippen LogP contribution in [-0.4, -0.2) is 391 Å². The molecule has 1 fully saturated rings. The summed E-state index contributed by atoms with van der Waals surface area (Å²) in [6, 6.07) is -33.5. The Morgan fingerprint density at radius 3 is 1.11 bits per heavy atom. The van der Waals surface area contributed by atoms with E-state index in [-0.39, 0.29) is 70.2 Å². The molecule has 830 valence electrons. The van der Waals surface area contributed by atoms with Crippen molar-refractivity contribution in [1.82, 2.24) is 106 Å². The highest BCUT2D eigenvalue weighted by molar-refractivity contribution is 7.98. The Kier molecular flexibility index (Phi) is 59.7. The van der Waals surface area contributed by atoms with Crippen LogP contribution in [0, 0.1) is 35.0 Å². The number of nitrogens with two attached hydrogens (primary N) is 5. The van der Waals surface area contributed by atoms with E-state index in [1.165, 1.54) is 46.4 Å². The van der Waals surface area contributed by atoms with E-state index in [0.717, 1.165) is 4.90 Å². The van der Waals surface area contributed by atoms with Gasteiger partial charge in [0.15, 0.2) is 5.96 Å². The summed E-state index contributed by atoms with van der Waals surface area (Å²) in [6.07, 6.45) is -4.58. The molecule has 0 aromatic rings. The second kappa shape index (κ2) is 67.0. The number of thioether (sulfide) groups is 1. The smallest absolute Gasteiger partial charge is 0.328 e. The Hall–Kier alpha value is -13.9. The lowest BCUT2D eigenvalue weighted by atomic mass is 9.97. The van der Waals surface area contributed by atoms with Gasteiger partial charge >= 0.3 is 17.9 Å². The van der Waals surface area contributed by atoms with Crippen molar-refractivity contribution in [2.24, 2.45) is 58.3 Å². The number of nitrogens with zero attached hydrogens (tertiary/aromatic N) is 1. The number of aliphatic hydroxyl groups excluding tert-OH is 6. The monoisotopic (exact) mass is 2120 g/mol. The Morgan fingerprint density at radius 1 is 0.367 bits per heavy atom. The summed E-state index contributed by atoms with van der Waals surface area (Å²) < 4.78 is 0. The molecular weight excluding hydrogens is 1970 g/mol. The highest BCUT2D eigenvalue weighted by Gasteiger charge is 2.44. The maximum Gasteiger partial charge on any atom is 0.328 e. The van der Waals surface area contributed by atoms with Crippen LogP contribution in [0.4, 0.5) is 0 Å². The largest absolute Gasteiger partial charge is 0.481 e. The summed E-state index contributed by atoms with van der Waals surface area (Å²) in [4.78, 5) is 336. The highest BCUT2D eigenvalue weighted by Crippen LogP contribution is 2.21. The van der Waals surface area contributed by atoms with Gasteiger partial charge in [-0.05, 0) is 99.4 Å². The van der Waals surface area contributed by atoms with Crippen LogP contribution in [0.15, 0.2) is 0 Å². The van der Waals surface area contributed by atoms with Gasteiger partial charge in [-0.15, -0.1) is 0 Å². The Morgan fingerprint density at radius 2 is 0.707 bits per heavy atom. The van der Waals surface area contributed by atoms with E-state index in [4.69, 9.17) is 34.1 Å². The van der Waals surface area contributed by atoms with Gasteiger partial charge in [-0.25, -0.2) is 4.79 Å². The van der Waals surface area contributed by atoms with E-state index in [2.05, 4.69) is 101 Å². The van der Waals surface area contributed by atoms with Crippen LogP contribution < -0.4 is 130 Å². The molecule has 60 nitrogen and oxygen atoms in total. The third kappa shape index (κ3) is 47.9. The maximum absolute atomic E-state index is 14.3. The first-order valence-electron chi connectivity index (χ1n) is 47.0. The highest BCUT2D eigenvalue weighted by atomic mass is 32.2. The van der Waals surface area contributed by atoms with Crippen LogP contribution in [-0.2, 0) is 120 Å². The van der Waals surface area contributed by atoms with E-state index in [1.54, 1.807) is 40.9 Å². The van der Waals surface area contributed by atoms with Gasteiger partial charge in [-0.1, -0.05) is 75.7 Å². The minimum absolute atomic E-state index is 0.0126.